The Kier molecular flexibility index (Phi) is 5.46. The van der Waals surface area contributed by atoms with Gasteiger partial charge < -0.3 is 14.4 Å². The second-order valence-corrected chi connectivity index (χ2v) is 6.34. The van der Waals surface area contributed by atoms with E-state index >= 15 is 0 Å². The third-order valence-electron chi connectivity index (χ3n) is 4.12. The number of fused-ring (bicyclic) bond motifs is 1. The maximum Gasteiger partial charge on any atom is 0.362 e. The van der Waals surface area contributed by atoms with Crippen molar-refractivity contribution in [1.29, 1.82) is 0 Å². The van der Waals surface area contributed by atoms with Crippen molar-refractivity contribution in [2.45, 2.75) is 19.6 Å². The third-order valence-corrected chi connectivity index (χ3v) is 4.37. The molecule has 0 saturated carbocycles. The van der Waals surface area contributed by atoms with E-state index in [-0.39, 0.29) is 36.9 Å². The number of hydrogen-bond acceptors (Lipinski definition) is 6. The maximum absolute atomic E-state index is 12.7. The summed E-state index contributed by atoms with van der Waals surface area (Å²) in [5.41, 5.74) is 0.685. The standard InChI is InChI=1S/C18H18ClN3O5/c1-3-26-18(25)13-15(27-10-11-7-5-4-6-8-11)14-17(24)21(2)9-12(16(19)23)22(14)20-13/h4-8,12H,3,9-10H2,1-2H3. The minimum atomic E-state index is -0.911. The molecule has 9 heteroatoms. The number of hydrogen-bond donors (Lipinski definition) is 0. The number of carbonyl (C=O) groups is 3. The number of rotatable bonds is 6. The molecular formula is C18H18ClN3O5. The maximum atomic E-state index is 12.7. The Hall–Kier alpha value is -2.87. The Morgan fingerprint density at radius 1 is 1.30 bits per heavy atom. The van der Waals surface area contributed by atoms with E-state index in [1.54, 1.807) is 6.92 Å². The molecule has 1 aromatic heterocycles. The number of benzene rings is 1. The average molecular weight is 392 g/mol. The molecule has 0 spiro atoms. The van der Waals surface area contributed by atoms with Crippen molar-refractivity contribution >= 4 is 28.7 Å². The number of esters is 1. The van der Waals surface area contributed by atoms with E-state index in [1.165, 1.54) is 11.9 Å². The van der Waals surface area contributed by atoms with Crippen LogP contribution in [-0.4, -0.2) is 52.0 Å². The lowest BCUT2D eigenvalue weighted by Gasteiger charge is -2.28. The molecule has 1 atom stereocenters. The molecule has 0 radical (unpaired) electrons. The summed E-state index contributed by atoms with van der Waals surface area (Å²) in [6, 6.07) is 8.34. The Morgan fingerprint density at radius 3 is 2.63 bits per heavy atom. The van der Waals surface area contributed by atoms with Gasteiger partial charge in [-0.1, -0.05) is 30.3 Å². The minimum Gasteiger partial charge on any atom is -0.484 e. The predicted molar refractivity (Wildman–Crippen MR) is 95.8 cm³/mol. The summed E-state index contributed by atoms with van der Waals surface area (Å²) in [6.07, 6.45) is 0. The summed E-state index contributed by atoms with van der Waals surface area (Å²) >= 11 is 5.68. The molecule has 1 aliphatic rings. The molecule has 8 nitrogen and oxygen atoms in total. The van der Waals surface area contributed by atoms with Crippen molar-refractivity contribution in [2.24, 2.45) is 0 Å². The van der Waals surface area contributed by atoms with Gasteiger partial charge in [-0.2, -0.15) is 5.10 Å². The lowest BCUT2D eigenvalue weighted by molar-refractivity contribution is -0.115. The van der Waals surface area contributed by atoms with Gasteiger partial charge in [-0.25, -0.2) is 9.48 Å². The lowest BCUT2D eigenvalue weighted by atomic mass is 10.2. The van der Waals surface area contributed by atoms with Crippen molar-refractivity contribution in [3.05, 3.63) is 47.3 Å². The minimum absolute atomic E-state index is 0.00161. The molecule has 0 bridgehead atoms. The fourth-order valence-electron chi connectivity index (χ4n) is 2.81. The van der Waals surface area contributed by atoms with Gasteiger partial charge in [0.15, 0.2) is 11.4 Å². The van der Waals surface area contributed by atoms with Gasteiger partial charge in [-0.15, -0.1) is 0 Å². The number of aromatic nitrogens is 2. The van der Waals surface area contributed by atoms with E-state index in [0.717, 1.165) is 10.2 Å². The van der Waals surface area contributed by atoms with Crippen molar-refractivity contribution in [3.8, 4) is 5.75 Å². The van der Waals surface area contributed by atoms with Gasteiger partial charge in [-0.05, 0) is 24.1 Å². The van der Waals surface area contributed by atoms with Gasteiger partial charge in [0.1, 0.15) is 12.6 Å². The molecule has 0 N–H and O–H groups in total. The van der Waals surface area contributed by atoms with Crippen LogP contribution in [-0.2, 0) is 16.1 Å². The SMILES string of the molecule is CCOC(=O)c1nn2c(c1OCc1ccccc1)C(=O)N(C)CC2C(=O)Cl. The molecule has 1 unspecified atom stereocenters. The molecule has 1 amide bonds. The number of carbonyl (C=O) groups excluding carboxylic acids is 3. The second-order valence-electron chi connectivity index (χ2n) is 5.97. The highest BCUT2D eigenvalue weighted by molar-refractivity contribution is 6.64. The van der Waals surface area contributed by atoms with E-state index < -0.39 is 23.2 Å². The zero-order valence-corrected chi connectivity index (χ0v) is 15.6. The Balaban J connectivity index is 2.07. The quantitative estimate of drug-likeness (QED) is 0.552. The van der Waals surface area contributed by atoms with Crippen LogP contribution in [0.5, 0.6) is 5.75 Å². The summed E-state index contributed by atoms with van der Waals surface area (Å²) in [5, 5.41) is 3.44. The van der Waals surface area contributed by atoms with E-state index in [4.69, 9.17) is 21.1 Å². The number of amides is 1. The molecule has 1 aromatic carbocycles. The van der Waals surface area contributed by atoms with Gasteiger partial charge >= 0.3 is 5.97 Å². The van der Waals surface area contributed by atoms with E-state index in [9.17, 15) is 14.4 Å². The summed E-state index contributed by atoms with van der Waals surface area (Å²) in [7, 11) is 1.54. The topological polar surface area (TPSA) is 90.7 Å². The number of nitrogens with zero attached hydrogens (tertiary/aromatic N) is 3. The highest BCUT2D eigenvalue weighted by Crippen LogP contribution is 2.33. The first-order valence-electron chi connectivity index (χ1n) is 8.35. The van der Waals surface area contributed by atoms with Crippen LogP contribution in [0.15, 0.2) is 30.3 Å². The molecule has 0 saturated heterocycles. The molecule has 0 aliphatic carbocycles. The van der Waals surface area contributed by atoms with E-state index in [2.05, 4.69) is 5.10 Å². The molecule has 2 aromatic rings. The van der Waals surface area contributed by atoms with Gasteiger partial charge in [0.05, 0.1) is 13.2 Å². The van der Waals surface area contributed by atoms with Crippen molar-refractivity contribution in [3.63, 3.8) is 0 Å². The highest BCUT2D eigenvalue weighted by Gasteiger charge is 2.40. The number of halogens is 1. The Labute approximate surface area is 160 Å². The predicted octanol–water partition coefficient (Wildman–Crippen LogP) is 2.03. The first kappa shape index (κ1) is 18.9. The largest absolute Gasteiger partial charge is 0.484 e. The van der Waals surface area contributed by atoms with Crippen LogP contribution in [0, 0.1) is 0 Å². The van der Waals surface area contributed by atoms with Crippen LogP contribution in [0.4, 0.5) is 0 Å². The summed E-state index contributed by atoms with van der Waals surface area (Å²) < 4.78 is 12.0. The van der Waals surface area contributed by atoms with Crippen LogP contribution in [0.2, 0.25) is 0 Å². The molecule has 2 heterocycles. The van der Waals surface area contributed by atoms with Crippen molar-refractivity contribution < 1.29 is 23.9 Å². The van der Waals surface area contributed by atoms with Crippen LogP contribution in [0.1, 0.15) is 39.5 Å². The number of ether oxygens (including phenoxy) is 2. The van der Waals surface area contributed by atoms with Gasteiger partial charge in [0.2, 0.25) is 10.9 Å². The van der Waals surface area contributed by atoms with Crippen molar-refractivity contribution in [2.75, 3.05) is 20.2 Å². The number of likely N-dealkylation sites (N-methyl/N-ethyl adjacent to an activating group) is 1. The van der Waals surface area contributed by atoms with Gasteiger partial charge in [-0.3, -0.25) is 9.59 Å². The normalized spacial score (nSPS) is 16.0. The summed E-state index contributed by atoms with van der Waals surface area (Å²) in [4.78, 5) is 38.2. The van der Waals surface area contributed by atoms with Crippen LogP contribution < -0.4 is 4.74 Å². The molecule has 3 rings (SSSR count). The Bertz CT molecular complexity index is 881. The molecule has 1 aliphatic heterocycles. The smallest absolute Gasteiger partial charge is 0.362 e. The fourth-order valence-corrected chi connectivity index (χ4v) is 2.97. The molecule has 142 valence electrons. The van der Waals surface area contributed by atoms with Crippen LogP contribution in [0.3, 0.4) is 0 Å². The van der Waals surface area contributed by atoms with Crippen LogP contribution >= 0.6 is 11.6 Å². The van der Waals surface area contributed by atoms with Crippen molar-refractivity contribution in [1.82, 2.24) is 14.7 Å². The first-order chi connectivity index (χ1) is 12.9. The Morgan fingerprint density at radius 2 is 2.00 bits per heavy atom. The van der Waals surface area contributed by atoms with E-state index in [1.807, 2.05) is 30.3 Å². The zero-order valence-electron chi connectivity index (χ0n) is 14.8. The summed E-state index contributed by atoms with van der Waals surface area (Å²) in [6.45, 7) is 1.95. The average Bonchev–Trinajstić information content (AvgIpc) is 3.03. The molecule has 0 fully saturated rings. The van der Waals surface area contributed by atoms with E-state index in [0.29, 0.717) is 0 Å². The molecular weight excluding hydrogens is 374 g/mol. The zero-order chi connectivity index (χ0) is 19.6. The first-order valence-corrected chi connectivity index (χ1v) is 8.73. The summed E-state index contributed by atoms with van der Waals surface area (Å²) in [5.74, 6) is -1.18. The highest BCUT2D eigenvalue weighted by atomic mass is 35.5. The van der Waals surface area contributed by atoms with Gasteiger partial charge in [0, 0.05) is 7.05 Å². The third kappa shape index (κ3) is 3.66. The fraction of sp³-hybridized carbons (Fsp3) is 0.333. The van der Waals surface area contributed by atoms with Gasteiger partial charge in [0.25, 0.3) is 5.91 Å². The molecule has 27 heavy (non-hydrogen) atoms. The second kappa shape index (κ2) is 7.79. The monoisotopic (exact) mass is 391 g/mol. The lowest BCUT2D eigenvalue weighted by Crippen LogP contribution is -2.42. The van der Waals surface area contributed by atoms with Crippen LogP contribution in [0.25, 0.3) is 0 Å².